The van der Waals surface area contributed by atoms with Crippen molar-refractivity contribution in [2.75, 3.05) is 46.8 Å². The zero-order valence-electron chi connectivity index (χ0n) is 13.8. The van der Waals surface area contributed by atoms with E-state index in [-0.39, 0.29) is 12.0 Å². The molecule has 24 heavy (non-hydrogen) atoms. The molecule has 0 unspecified atom stereocenters. The van der Waals surface area contributed by atoms with Crippen LogP contribution in [-0.4, -0.2) is 68.7 Å². The maximum atomic E-state index is 13.0. The van der Waals surface area contributed by atoms with Gasteiger partial charge in [0, 0.05) is 46.8 Å². The molecule has 0 bridgehead atoms. The lowest BCUT2D eigenvalue weighted by molar-refractivity contribution is -0.138. The van der Waals surface area contributed by atoms with E-state index in [1.54, 1.807) is 6.07 Å². The van der Waals surface area contributed by atoms with Gasteiger partial charge in [-0.1, -0.05) is 18.2 Å². The van der Waals surface area contributed by atoms with Gasteiger partial charge in [-0.15, -0.1) is 0 Å². The third-order valence-electron chi connectivity index (χ3n) is 4.14. The lowest BCUT2D eigenvalue weighted by Gasteiger charge is -2.35. The van der Waals surface area contributed by atoms with Crippen molar-refractivity contribution in [2.45, 2.75) is 12.6 Å². The van der Waals surface area contributed by atoms with Gasteiger partial charge in [0.05, 0.1) is 5.56 Å². The molecular formula is C15H22F3N3O2S. The van der Waals surface area contributed by atoms with E-state index in [2.05, 4.69) is 0 Å². The topological polar surface area (TPSA) is 43.9 Å². The molecule has 0 amide bonds. The molecule has 0 aromatic heterocycles. The lowest BCUT2D eigenvalue weighted by atomic mass is 10.0. The maximum Gasteiger partial charge on any atom is 0.416 e. The molecule has 1 saturated heterocycles. The molecule has 9 heteroatoms. The van der Waals surface area contributed by atoms with Gasteiger partial charge in [-0.05, 0) is 18.1 Å². The standard InChI is InChI=1S/C15H22F3N3O2S/c1-19(2)24(22,23)21-11-9-20(10-12-21)8-7-13-5-3-4-6-14(13)15(16,17)18/h3-6H,7-12H2,1-2H3. The molecule has 0 N–H and O–H groups in total. The van der Waals surface area contributed by atoms with Gasteiger partial charge in [0.25, 0.3) is 10.2 Å². The fourth-order valence-corrected chi connectivity index (χ4v) is 3.79. The van der Waals surface area contributed by atoms with E-state index in [4.69, 9.17) is 0 Å². The van der Waals surface area contributed by atoms with Crippen LogP contribution in [0.2, 0.25) is 0 Å². The highest BCUT2D eigenvalue weighted by atomic mass is 32.2. The van der Waals surface area contributed by atoms with Crippen LogP contribution in [0.1, 0.15) is 11.1 Å². The molecule has 0 saturated carbocycles. The van der Waals surface area contributed by atoms with Crippen LogP contribution in [0.15, 0.2) is 24.3 Å². The summed E-state index contributed by atoms with van der Waals surface area (Å²) in [6.45, 7) is 2.20. The van der Waals surface area contributed by atoms with Crippen LogP contribution in [0.25, 0.3) is 0 Å². The highest BCUT2D eigenvalue weighted by Gasteiger charge is 2.33. The Labute approximate surface area is 140 Å². The first-order valence-corrected chi connectivity index (χ1v) is 9.07. The number of piperazine rings is 1. The average molecular weight is 365 g/mol. The van der Waals surface area contributed by atoms with Crippen molar-refractivity contribution in [3.05, 3.63) is 35.4 Å². The zero-order chi connectivity index (χ0) is 18.0. The van der Waals surface area contributed by atoms with E-state index < -0.39 is 21.9 Å². The van der Waals surface area contributed by atoms with Gasteiger partial charge in [-0.25, -0.2) is 0 Å². The van der Waals surface area contributed by atoms with Crippen LogP contribution in [0, 0.1) is 0 Å². The first-order chi connectivity index (χ1) is 11.1. The molecule has 0 atom stereocenters. The molecule has 1 aliphatic heterocycles. The third-order valence-corrected chi connectivity index (χ3v) is 6.08. The molecular weight excluding hydrogens is 343 g/mol. The highest BCUT2D eigenvalue weighted by molar-refractivity contribution is 7.86. The summed E-state index contributed by atoms with van der Waals surface area (Å²) in [5.41, 5.74) is -0.327. The largest absolute Gasteiger partial charge is 0.416 e. The van der Waals surface area contributed by atoms with Gasteiger partial charge in [0.15, 0.2) is 0 Å². The molecule has 1 aromatic carbocycles. The minimum absolute atomic E-state index is 0.272. The van der Waals surface area contributed by atoms with Crippen molar-refractivity contribution in [1.29, 1.82) is 0 Å². The molecule has 0 radical (unpaired) electrons. The van der Waals surface area contributed by atoms with Crippen LogP contribution in [-0.2, 0) is 22.8 Å². The van der Waals surface area contributed by atoms with Crippen LogP contribution in [0.5, 0.6) is 0 Å². The number of halogens is 3. The predicted molar refractivity (Wildman–Crippen MR) is 85.8 cm³/mol. The first kappa shape index (κ1) is 19.2. The minimum atomic E-state index is -4.35. The minimum Gasteiger partial charge on any atom is -0.300 e. The van der Waals surface area contributed by atoms with Crippen molar-refractivity contribution >= 4 is 10.2 Å². The molecule has 1 aromatic rings. The van der Waals surface area contributed by atoms with E-state index in [1.807, 2.05) is 4.90 Å². The average Bonchev–Trinajstić information content (AvgIpc) is 2.52. The van der Waals surface area contributed by atoms with Crippen LogP contribution >= 0.6 is 0 Å². The number of alkyl halides is 3. The molecule has 0 aliphatic carbocycles. The Bertz CT molecular complexity index is 654. The fraction of sp³-hybridized carbons (Fsp3) is 0.600. The number of benzene rings is 1. The molecule has 1 heterocycles. The summed E-state index contributed by atoms with van der Waals surface area (Å²) >= 11 is 0. The molecule has 136 valence electrons. The van der Waals surface area contributed by atoms with Gasteiger partial charge < -0.3 is 4.90 Å². The van der Waals surface area contributed by atoms with Crippen molar-refractivity contribution in [1.82, 2.24) is 13.5 Å². The molecule has 5 nitrogen and oxygen atoms in total. The third kappa shape index (κ3) is 4.47. The fourth-order valence-electron chi connectivity index (χ4n) is 2.71. The Balaban J connectivity index is 1.93. The summed E-state index contributed by atoms with van der Waals surface area (Å²) in [7, 11) is -0.461. The number of hydrogen-bond donors (Lipinski definition) is 0. The second-order valence-electron chi connectivity index (χ2n) is 5.94. The van der Waals surface area contributed by atoms with E-state index in [1.165, 1.54) is 34.8 Å². The molecule has 1 aliphatic rings. The van der Waals surface area contributed by atoms with Gasteiger partial charge in [-0.3, -0.25) is 0 Å². The summed E-state index contributed by atoms with van der Waals surface area (Å²) in [5.74, 6) is 0. The highest BCUT2D eigenvalue weighted by Crippen LogP contribution is 2.32. The Hall–Kier alpha value is -1.16. The number of nitrogens with zero attached hydrogens (tertiary/aromatic N) is 3. The monoisotopic (exact) mass is 365 g/mol. The van der Waals surface area contributed by atoms with Crippen molar-refractivity contribution < 1.29 is 21.6 Å². The second-order valence-corrected chi connectivity index (χ2v) is 8.08. The van der Waals surface area contributed by atoms with Crippen LogP contribution in [0.4, 0.5) is 13.2 Å². The van der Waals surface area contributed by atoms with E-state index >= 15 is 0 Å². The maximum absolute atomic E-state index is 13.0. The van der Waals surface area contributed by atoms with E-state index in [0.717, 1.165) is 6.07 Å². The Morgan fingerprint density at radius 2 is 1.67 bits per heavy atom. The Morgan fingerprint density at radius 3 is 2.21 bits per heavy atom. The van der Waals surface area contributed by atoms with E-state index in [0.29, 0.717) is 32.7 Å². The summed E-state index contributed by atoms with van der Waals surface area (Å²) in [6, 6.07) is 5.58. The van der Waals surface area contributed by atoms with Crippen molar-refractivity contribution in [3.63, 3.8) is 0 Å². The lowest BCUT2D eigenvalue weighted by Crippen LogP contribution is -2.51. The van der Waals surface area contributed by atoms with Gasteiger partial charge >= 0.3 is 6.18 Å². The number of rotatable bonds is 5. The molecule has 1 fully saturated rings. The van der Waals surface area contributed by atoms with Gasteiger partial charge in [-0.2, -0.15) is 30.2 Å². The Morgan fingerprint density at radius 1 is 1.08 bits per heavy atom. The Kier molecular flexibility index (Phi) is 5.90. The summed E-state index contributed by atoms with van der Waals surface area (Å²) in [6.07, 6.45) is -4.06. The summed E-state index contributed by atoms with van der Waals surface area (Å²) in [4.78, 5) is 1.99. The van der Waals surface area contributed by atoms with Gasteiger partial charge in [0.1, 0.15) is 0 Å². The summed E-state index contributed by atoms with van der Waals surface area (Å²) in [5, 5.41) is 0. The predicted octanol–water partition coefficient (Wildman–Crippen LogP) is 1.67. The summed E-state index contributed by atoms with van der Waals surface area (Å²) < 4.78 is 65.6. The normalized spacial score (nSPS) is 18.2. The zero-order valence-corrected chi connectivity index (χ0v) is 14.6. The molecule has 0 spiro atoms. The SMILES string of the molecule is CN(C)S(=O)(=O)N1CCN(CCc2ccccc2C(F)(F)F)CC1. The quantitative estimate of drug-likeness (QED) is 0.797. The van der Waals surface area contributed by atoms with Gasteiger partial charge in [0.2, 0.25) is 0 Å². The smallest absolute Gasteiger partial charge is 0.300 e. The first-order valence-electron chi connectivity index (χ1n) is 7.67. The van der Waals surface area contributed by atoms with Crippen molar-refractivity contribution in [3.8, 4) is 0 Å². The number of hydrogen-bond acceptors (Lipinski definition) is 3. The van der Waals surface area contributed by atoms with Crippen LogP contribution in [0.3, 0.4) is 0 Å². The van der Waals surface area contributed by atoms with E-state index in [9.17, 15) is 21.6 Å². The van der Waals surface area contributed by atoms with Crippen molar-refractivity contribution in [2.24, 2.45) is 0 Å². The van der Waals surface area contributed by atoms with Crippen LogP contribution < -0.4 is 0 Å². The molecule has 2 rings (SSSR count). The second kappa shape index (κ2) is 7.38.